The number of amides is 2. The summed E-state index contributed by atoms with van der Waals surface area (Å²) in [5.74, 6) is -2.95. The Kier molecular flexibility index (Phi) is 16.3. The molecule has 3 aliphatic heterocycles. The number of rotatable bonds is 19. The van der Waals surface area contributed by atoms with Gasteiger partial charge in [0.2, 0.25) is 11.8 Å². The summed E-state index contributed by atoms with van der Waals surface area (Å²) in [7, 11) is 1.50. The number of methoxy groups -OCH3 is 1. The molecule has 3 aliphatic rings. The summed E-state index contributed by atoms with van der Waals surface area (Å²) in [4.78, 5) is 41.2. The zero-order valence-electron chi connectivity index (χ0n) is 45.5. The van der Waals surface area contributed by atoms with E-state index in [4.69, 9.17) is 35.3 Å². The van der Waals surface area contributed by atoms with Gasteiger partial charge in [0.15, 0.2) is 5.75 Å². The van der Waals surface area contributed by atoms with Crippen LogP contribution < -0.4 is 30.7 Å². The maximum atomic E-state index is 15.8. The van der Waals surface area contributed by atoms with E-state index in [0.717, 1.165) is 24.8 Å². The molecule has 10 rings (SSSR count). The number of likely N-dealkylation sites (tertiary alicyclic amines) is 1. The maximum absolute atomic E-state index is 15.8. The standard InChI is InChI=1S/C59H62F5N11O7/c1-30(2)53(57(79)74-25-39(77)19-49(74)56(78)68-48(27-76)36-16-14-34(15-17-36)40-8-6-7-9-44(40)60)75-26-47(71-72-75)35-12-10-33(11-13-35)29-81-54-51(50-32(4)45(61)21-46(66)42(50)22-65)43(59(62,63)64)20-41-52(54)69-58(82-28-31(3)80-5)70-55(41)73-24-37-18-38(73)23-67-37/h6-17,20-22,26,30-31,37-39,48-49,53,65,67,76-77H,18-19,23-25,27-29,66H2,1-5H3,(H,68,78)/t31-,37-,38-,39+,48-,49-,53-/m0/s1. The maximum Gasteiger partial charge on any atom is 0.417 e. The molecule has 2 aromatic heterocycles. The Labute approximate surface area is 468 Å². The molecule has 5 heterocycles. The van der Waals surface area contributed by atoms with Crippen LogP contribution in [0, 0.1) is 29.9 Å². The van der Waals surface area contributed by atoms with Crippen LogP contribution in [-0.2, 0) is 27.1 Å². The molecule has 3 fully saturated rings. The Morgan fingerprint density at radius 2 is 1.68 bits per heavy atom. The largest absolute Gasteiger partial charge is 0.486 e. The number of piperazine rings is 1. The number of hydrogen-bond acceptors (Lipinski definition) is 15. The molecule has 430 valence electrons. The van der Waals surface area contributed by atoms with Crippen LogP contribution in [0.4, 0.5) is 33.5 Å². The number of alkyl halides is 3. The zero-order chi connectivity index (χ0) is 58.3. The fraction of sp³-hybridized carbons (Fsp3) is 0.373. The van der Waals surface area contributed by atoms with E-state index < -0.39 is 77.7 Å². The minimum absolute atomic E-state index is 0.00154. The van der Waals surface area contributed by atoms with Crippen molar-refractivity contribution in [3.8, 4) is 45.3 Å². The van der Waals surface area contributed by atoms with Crippen molar-refractivity contribution in [3.63, 3.8) is 0 Å². The fourth-order valence-electron chi connectivity index (χ4n) is 11.2. The average molecular weight is 1130 g/mol. The Morgan fingerprint density at radius 3 is 2.33 bits per heavy atom. The number of aliphatic hydroxyl groups is 2. The van der Waals surface area contributed by atoms with Gasteiger partial charge < -0.3 is 56.0 Å². The molecule has 7 N–H and O–H groups in total. The van der Waals surface area contributed by atoms with E-state index in [1.807, 2.05) is 4.90 Å². The van der Waals surface area contributed by atoms with Crippen LogP contribution in [0.25, 0.3) is 44.4 Å². The number of benzene rings is 5. The fourth-order valence-corrected chi connectivity index (χ4v) is 11.2. The van der Waals surface area contributed by atoms with Crippen LogP contribution >= 0.6 is 0 Å². The number of ether oxygens (including phenoxy) is 3. The van der Waals surface area contributed by atoms with E-state index in [-0.39, 0.29) is 95.0 Å². The van der Waals surface area contributed by atoms with Gasteiger partial charge in [-0.05, 0) is 66.6 Å². The Morgan fingerprint density at radius 1 is 0.951 bits per heavy atom. The van der Waals surface area contributed by atoms with Gasteiger partial charge in [-0.1, -0.05) is 85.8 Å². The smallest absolute Gasteiger partial charge is 0.417 e. The first-order valence-electron chi connectivity index (χ1n) is 26.9. The number of carbonyl (C=O) groups excluding carboxylic acids is 2. The first kappa shape index (κ1) is 57.1. The zero-order valence-corrected chi connectivity index (χ0v) is 45.5. The van der Waals surface area contributed by atoms with Crippen LogP contribution in [0.5, 0.6) is 11.8 Å². The summed E-state index contributed by atoms with van der Waals surface area (Å²) in [6, 6.07) is 18.5. The number of aromatic nitrogens is 5. The molecule has 18 nitrogen and oxygen atoms in total. The van der Waals surface area contributed by atoms with E-state index in [0.29, 0.717) is 46.6 Å². The molecule has 7 atom stereocenters. The average Bonchev–Trinajstić information content (AvgIpc) is 1.86. The summed E-state index contributed by atoms with van der Waals surface area (Å²) in [6.45, 7) is 6.74. The normalized spacial score (nSPS) is 19.0. The number of fused-ring (bicyclic) bond motifs is 3. The quantitative estimate of drug-likeness (QED) is 0.0256. The molecule has 0 saturated carbocycles. The third-order valence-electron chi connectivity index (χ3n) is 15.6. The molecular weight excluding hydrogens is 1070 g/mol. The highest BCUT2D eigenvalue weighted by Crippen LogP contribution is 2.51. The van der Waals surface area contributed by atoms with Crippen molar-refractivity contribution < 1.29 is 56.0 Å². The number of β-amino-alcohol motifs (C(OH)–C–C–N with tert-alkyl or cyclic N) is 1. The molecular formula is C59H62F5N11O7. The van der Waals surface area contributed by atoms with Crippen LogP contribution in [0.3, 0.4) is 0 Å². The number of anilines is 2. The topological polar surface area (TPSA) is 239 Å². The number of nitrogens with one attached hydrogen (secondary N) is 3. The van der Waals surface area contributed by atoms with Crippen molar-refractivity contribution in [3.05, 3.63) is 131 Å². The van der Waals surface area contributed by atoms with Crippen molar-refractivity contribution in [1.29, 1.82) is 5.41 Å². The number of nitrogen functional groups attached to an aromatic ring is 1. The lowest BCUT2D eigenvalue weighted by Crippen LogP contribution is -2.50. The molecule has 0 aliphatic carbocycles. The first-order chi connectivity index (χ1) is 39.3. The Hall–Kier alpha value is -8.12. The molecule has 3 saturated heterocycles. The summed E-state index contributed by atoms with van der Waals surface area (Å²) < 4.78 is 97.0. The summed E-state index contributed by atoms with van der Waals surface area (Å²) >= 11 is 0. The molecule has 0 unspecified atom stereocenters. The van der Waals surface area contributed by atoms with Crippen molar-refractivity contribution in [2.24, 2.45) is 5.92 Å². The van der Waals surface area contributed by atoms with Crippen molar-refractivity contribution >= 4 is 40.4 Å². The lowest BCUT2D eigenvalue weighted by atomic mass is 9.88. The second-order valence-electron chi connectivity index (χ2n) is 21.4. The lowest BCUT2D eigenvalue weighted by molar-refractivity contribution is -0.142. The number of nitrogens with zero attached hydrogens (tertiary/aromatic N) is 7. The van der Waals surface area contributed by atoms with Crippen LogP contribution in [0.1, 0.15) is 73.5 Å². The molecule has 0 radical (unpaired) electrons. The molecule has 2 amide bonds. The van der Waals surface area contributed by atoms with Crippen molar-refractivity contribution in [1.82, 2.24) is 40.5 Å². The predicted molar refractivity (Wildman–Crippen MR) is 296 cm³/mol. The van der Waals surface area contributed by atoms with Gasteiger partial charge in [-0.25, -0.2) is 13.5 Å². The number of carbonyl (C=O) groups is 2. The van der Waals surface area contributed by atoms with Gasteiger partial charge in [-0.3, -0.25) is 9.59 Å². The number of hydrogen-bond donors (Lipinski definition) is 6. The summed E-state index contributed by atoms with van der Waals surface area (Å²) in [5, 5.41) is 44.5. The summed E-state index contributed by atoms with van der Waals surface area (Å²) in [6.07, 6.45) is -3.46. The second kappa shape index (κ2) is 23.4. The van der Waals surface area contributed by atoms with E-state index in [2.05, 4.69) is 20.9 Å². The van der Waals surface area contributed by atoms with Gasteiger partial charge >= 0.3 is 12.2 Å². The van der Waals surface area contributed by atoms with E-state index in [9.17, 15) is 24.2 Å². The van der Waals surface area contributed by atoms with Crippen LogP contribution in [-0.4, -0.2) is 128 Å². The minimum atomic E-state index is -5.06. The van der Waals surface area contributed by atoms with Gasteiger partial charge in [0.1, 0.15) is 54.0 Å². The van der Waals surface area contributed by atoms with E-state index in [1.165, 1.54) is 29.7 Å². The van der Waals surface area contributed by atoms with E-state index in [1.54, 1.807) is 93.7 Å². The molecule has 2 bridgehead atoms. The SMILES string of the molecule is CO[C@@H](C)COc1nc(N2C[C@@H]3C[C@H]2CN3)c2cc(C(F)(F)F)c(-c3c(C)c(F)cc(N)c3C=N)c(OCc3ccc(-c4cn([C@H](C(=O)N5C[C@H](O)C[C@H]5C(=O)N[C@@H](CO)c5ccc(-c6ccccc6F)cc5)C(C)C)nn4)cc3)c2n1. The highest BCUT2D eigenvalue weighted by atomic mass is 19.4. The monoisotopic (exact) mass is 1130 g/mol. The first-order valence-corrected chi connectivity index (χ1v) is 26.9. The molecule has 82 heavy (non-hydrogen) atoms. The second-order valence-corrected chi connectivity index (χ2v) is 21.4. The van der Waals surface area contributed by atoms with Crippen molar-refractivity contribution in [2.75, 3.05) is 50.6 Å². The third kappa shape index (κ3) is 11.3. The van der Waals surface area contributed by atoms with Crippen LogP contribution in [0.15, 0.2) is 91.1 Å². The summed E-state index contributed by atoms with van der Waals surface area (Å²) in [5.41, 5.74) is 6.39. The Balaban J connectivity index is 0.937. The number of aliphatic hydroxyl groups excluding tert-OH is 2. The molecule has 0 spiro atoms. The van der Waals surface area contributed by atoms with Crippen molar-refractivity contribution in [2.45, 2.75) is 95.7 Å². The highest BCUT2D eigenvalue weighted by molar-refractivity contribution is 6.05. The number of halogens is 5. The number of nitrogens with two attached hydrogens (primary N) is 1. The van der Waals surface area contributed by atoms with Gasteiger partial charge in [0.05, 0.1) is 36.6 Å². The molecule has 5 aromatic carbocycles. The Bertz CT molecular complexity index is 3530. The van der Waals surface area contributed by atoms with Gasteiger partial charge in [0.25, 0.3) is 0 Å². The van der Waals surface area contributed by atoms with Crippen LogP contribution in [0.2, 0.25) is 0 Å². The van der Waals surface area contributed by atoms with Gasteiger partial charge in [0, 0.05) is 90.4 Å². The molecule has 7 aromatic rings. The minimum Gasteiger partial charge on any atom is -0.486 e. The third-order valence-corrected chi connectivity index (χ3v) is 15.6. The van der Waals surface area contributed by atoms with Gasteiger partial charge in [-0.2, -0.15) is 23.1 Å². The van der Waals surface area contributed by atoms with E-state index >= 15 is 17.6 Å². The molecule has 23 heteroatoms. The highest BCUT2D eigenvalue weighted by Gasteiger charge is 2.45. The lowest BCUT2D eigenvalue weighted by Gasteiger charge is -2.30. The van der Waals surface area contributed by atoms with Gasteiger partial charge in [-0.15, -0.1) is 5.10 Å². The predicted octanol–water partition coefficient (Wildman–Crippen LogP) is 7.96.